The Morgan fingerprint density at radius 1 is 1.35 bits per heavy atom. The number of nitrogens with zero attached hydrogens (tertiary/aromatic N) is 2. The highest BCUT2D eigenvalue weighted by molar-refractivity contribution is 9.10. The lowest BCUT2D eigenvalue weighted by Crippen LogP contribution is -2.14. The molecule has 0 aromatic carbocycles. The van der Waals surface area contributed by atoms with Crippen LogP contribution in [0.3, 0.4) is 0 Å². The molecule has 0 aliphatic heterocycles. The van der Waals surface area contributed by atoms with Gasteiger partial charge in [-0.1, -0.05) is 26.2 Å². The Bertz CT molecular complexity index is 326. The first-order valence-electron chi connectivity index (χ1n) is 6.08. The van der Waals surface area contributed by atoms with Crippen molar-refractivity contribution in [2.45, 2.75) is 52.1 Å². The maximum Gasteiger partial charge on any atom is 0.319 e. The third kappa shape index (κ3) is 5.86. The first kappa shape index (κ1) is 14.2. The van der Waals surface area contributed by atoms with E-state index in [-0.39, 0.29) is 6.10 Å². The van der Waals surface area contributed by atoms with E-state index in [1.165, 1.54) is 25.7 Å². The normalized spacial score (nSPS) is 12.4. The third-order valence-electron chi connectivity index (χ3n) is 2.46. The molecule has 0 radical (unpaired) electrons. The Morgan fingerprint density at radius 2 is 2.12 bits per heavy atom. The maximum atomic E-state index is 5.62. The zero-order chi connectivity index (χ0) is 12.7. The van der Waals surface area contributed by atoms with Crippen molar-refractivity contribution in [3.8, 4) is 6.01 Å². The van der Waals surface area contributed by atoms with E-state index in [0.29, 0.717) is 16.4 Å². The summed E-state index contributed by atoms with van der Waals surface area (Å²) in [4.78, 5) is 8.15. The second-order valence-corrected chi connectivity index (χ2v) is 4.99. The van der Waals surface area contributed by atoms with Gasteiger partial charge in [0.25, 0.3) is 0 Å². The molecule has 1 aromatic rings. The van der Waals surface area contributed by atoms with E-state index in [1.54, 1.807) is 6.07 Å². The van der Waals surface area contributed by atoms with Gasteiger partial charge < -0.3 is 10.5 Å². The number of unbranched alkanes of at least 4 members (excludes halogenated alkanes) is 3. The van der Waals surface area contributed by atoms with Crippen LogP contribution in [0.5, 0.6) is 6.01 Å². The van der Waals surface area contributed by atoms with Gasteiger partial charge >= 0.3 is 6.01 Å². The van der Waals surface area contributed by atoms with Crippen LogP contribution in [-0.2, 0) is 0 Å². The first-order chi connectivity index (χ1) is 8.11. The van der Waals surface area contributed by atoms with Gasteiger partial charge in [-0.05, 0) is 35.7 Å². The smallest absolute Gasteiger partial charge is 0.319 e. The van der Waals surface area contributed by atoms with Crippen molar-refractivity contribution in [3.63, 3.8) is 0 Å². The predicted molar refractivity (Wildman–Crippen MR) is 73.0 cm³/mol. The van der Waals surface area contributed by atoms with Crippen molar-refractivity contribution in [1.29, 1.82) is 0 Å². The summed E-state index contributed by atoms with van der Waals surface area (Å²) >= 11 is 3.26. The van der Waals surface area contributed by atoms with Crippen molar-refractivity contribution >= 4 is 21.7 Å². The zero-order valence-electron chi connectivity index (χ0n) is 10.4. The summed E-state index contributed by atoms with van der Waals surface area (Å²) in [5.74, 6) is 0.417. The summed E-state index contributed by atoms with van der Waals surface area (Å²) in [7, 11) is 0. The van der Waals surface area contributed by atoms with E-state index in [9.17, 15) is 0 Å². The van der Waals surface area contributed by atoms with Crippen molar-refractivity contribution in [3.05, 3.63) is 10.7 Å². The van der Waals surface area contributed by atoms with Crippen LogP contribution in [0.15, 0.2) is 10.7 Å². The minimum absolute atomic E-state index is 0.126. The number of ether oxygens (including phenoxy) is 1. The lowest BCUT2D eigenvalue weighted by molar-refractivity contribution is 0.189. The van der Waals surface area contributed by atoms with E-state index < -0.39 is 0 Å². The molecule has 2 N–H and O–H groups in total. The van der Waals surface area contributed by atoms with Crippen molar-refractivity contribution in [2.24, 2.45) is 0 Å². The Labute approximate surface area is 111 Å². The summed E-state index contributed by atoms with van der Waals surface area (Å²) in [6.45, 7) is 4.24. The highest BCUT2D eigenvalue weighted by Gasteiger charge is 2.07. The fourth-order valence-electron chi connectivity index (χ4n) is 1.56. The molecule has 1 atom stereocenters. The van der Waals surface area contributed by atoms with Crippen LogP contribution in [0.25, 0.3) is 0 Å². The minimum atomic E-state index is 0.126. The largest absolute Gasteiger partial charge is 0.460 e. The number of nitrogen functional groups attached to an aromatic ring is 1. The van der Waals surface area contributed by atoms with E-state index in [0.717, 1.165) is 6.42 Å². The average molecular weight is 302 g/mol. The second kappa shape index (κ2) is 7.48. The number of rotatable bonds is 7. The summed E-state index contributed by atoms with van der Waals surface area (Å²) in [6, 6.07) is 2.00. The van der Waals surface area contributed by atoms with Crippen LogP contribution in [0.4, 0.5) is 5.82 Å². The number of aromatic nitrogens is 2. The monoisotopic (exact) mass is 301 g/mol. The van der Waals surface area contributed by atoms with Crippen LogP contribution in [0.2, 0.25) is 0 Å². The molecule has 0 aliphatic rings. The number of hydrogen-bond acceptors (Lipinski definition) is 4. The Balaban J connectivity index is 2.36. The molecule has 1 unspecified atom stereocenters. The maximum absolute atomic E-state index is 5.62. The molecule has 4 nitrogen and oxygen atoms in total. The predicted octanol–water partition coefficient (Wildman–Crippen LogP) is 3.56. The van der Waals surface area contributed by atoms with E-state index in [1.807, 2.05) is 6.92 Å². The van der Waals surface area contributed by atoms with E-state index in [4.69, 9.17) is 10.5 Å². The van der Waals surface area contributed by atoms with Crippen LogP contribution < -0.4 is 10.5 Å². The molecule has 96 valence electrons. The third-order valence-corrected chi connectivity index (χ3v) is 2.87. The molecule has 0 saturated heterocycles. The van der Waals surface area contributed by atoms with E-state index in [2.05, 4.69) is 32.8 Å². The van der Waals surface area contributed by atoms with Crippen molar-refractivity contribution < 1.29 is 4.74 Å². The standard InChI is InChI=1S/C12H20BrN3O/c1-3-4-5-6-7-9(2)17-12-15-10(13)8-11(14)16-12/h8-9H,3-7H2,1-2H3,(H2,14,15,16). The van der Waals surface area contributed by atoms with Gasteiger partial charge in [0, 0.05) is 6.07 Å². The Kier molecular flexibility index (Phi) is 6.26. The number of nitrogens with two attached hydrogens (primary N) is 1. The van der Waals surface area contributed by atoms with Gasteiger partial charge in [-0.2, -0.15) is 9.97 Å². The lowest BCUT2D eigenvalue weighted by Gasteiger charge is -2.13. The molecule has 1 heterocycles. The minimum Gasteiger partial charge on any atom is -0.460 e. The summed E-state index contributed by atoms with van der Waals surface area (Å²) in [6.07, 6.45) is 6.12. The molecule has 0 spiro atoms. The molecule has 0 bridgehead atoms. The Morgan fingerprint density at radius 3 is 2.76 bits per heavy atom. The molecule has 0 saturated carbocycles. The first-order valence-corrected chi connectivity index (χ1v) is 6.87. The number of anilines is 1. The van der Waals surface area contributed by atoms with Crippen LogP contribution in [0, 0.1) is 0 Å². The zero-order valence-corrected chi connectivity index (χ0v) is 12.0. The quantitative estimate of drug-likeness (QED) is 0.618. The molecule has 1 aromatic heterocycles. The van der Waals surface area contributed by atoms with Crippen LogP contribution in [-0.4, -0.2) is 16.1 Å². The lowest BCUT2D eigenvalue weighted by atomic mass is 10.1. The van der Waals surface area contributed by atoms with Crippen LogP contribution in [0.1, 0.15) is 46.0 Å². The van der Waals surface area contributed by atoms with Gasteiger partial charge in [0.05, 0.1) is 6.10 Å². The molecule has 5 heteroatoms. The van der Waals surface area contributed by atoms with Gasteiger partial charge in [0.1, 0.15) is 10.4 Å². The van der Waals surface area contributed by atoms with Crippen LogP contribution >= 0.6 is 15.9 Å². The average Bonchev–Trinajstić information content (AvgIpc) is 2.23. The Hall–Kier alpha value is -0.840. The fourth-order valence-corrected chi connectivity index (χ4v) is 1.95. The van der Waals surface area contributed by atoms with E-state index >= 15 is 0 Å². The topological polar surface area (TPSA) is 61.0 Å². The molecule has 0 amide bonds. The summed E-state index contributed by atoms with van der Waals surface area (Å²) < 4.78 is 6.28. The van der Waals surface area contributed by atoms with Crippen molar-refractivity contribution in [1.82, 2.24) is 9.97 Å². The van der Waals surface area contributed by atoms with Gasteiger partial charge in [-0.15, -0.1) is 0 Å². The van der Waals surface area contributed by atoms with Gasteiger partial charge in [0.15, 0.2) is 0 Å². The van der Waals surface area contributed by atoms with Gasteiger partial charge in [0.2, 0.25) is 0 Å². The molecule has 1 rings (SSSR count). The highest BCUT2D eigenvalue weighted by atomic mass is 79.9. The molecular weight excluding hydrogens is 282 g/mol. The number of halogens is 1. The number of hydrogen-bond donors (Lipinski definition) is 1. The van der Waals surface area contributed by atoms with Gasteiger partial charge in [-0.3, -0.25) is 0 Å². The molecular formula is C12H20BrN3O. The van der Waals surface area contributed by atoms with Gasteiger partial charge in [-0.25, -0.2) is 0 Å². The highest BCUT2D eigenvalue weighted by Crippen LogP contribution is 2.16. The fraction of sp³-hybridized carbons (Fsp3) is 0.667. The second-order valence-electron chi connectivity index (χ2n) is 4.18. The summed E-state index contributed by atoms with van der Waals surface area (Å²) in [5.41, 5.74) is 5.61. The van der Waals surface area contributed by atoms with Crippen molar-refractivity contribution in [2.75, 3.05) is 5.73 Å². The SMILES string of the molecule is CCCCCCC(C)Oc1nc(N)cc(Br)n1. The molecule has 17 heavy (non-hydrogen) atoms. The molecule has 0 aliphatic carbocycles. The summed E-state index contributed by atoms with van der Waals surface area (Å²) in [5, 5.41) is 0. The molecule has 0 fully saturated rings.